The van der Waals surface area contributed by atoms with Gasteiger partial charge in [0.1, 0.15) is 0 Å². The summed E-state index contributed by atoms with van der Waals surface area (Å²) >= 11 is 0. The number of aliphatic hydroxyl groups excluding tert-OH is 1. The summed E-state index contributed by atoms with van der Waals surface area (Å²) in [5.41, 5.74) is 5.94. The lowest BCUT2D eigenvalue weighted by Gasteiger charge is -2.29. The fourth-order valence-electron chi connectivity index (χ4n) is 3.24. The maximum atomic E-state index is 12.2. The minimum Gasteiger partial charge on any atom is -0.394 e. The van der Waals surface area contributed by atoms with Gasteiger partial charge in [-0.15, -0.1) is 0 Å². The molecular weight excluding hydrogens is 216 g/mol. The van der Waals surface area contributed by atoms with E-state index in [1.165, 1.54) is 0 Å². The zero-order valence-electron chi connectivity index (χ0n) is 10.5. The van der Waals surface area contributed by atoms with Gasteiger partial charge in [-0.2, -0.15) is 0 Å². The summed E-state index contributed by atoms with van der Waals surface area (Å²) in [6.07, 6.45) is 6.99. The molecule has 1 amide bonds. The van der Waals surface area contributed by atoms with Gasteiger partial charge in [0.15, 0.2) is 0 Å². The number of amides is 1. The molecule has 0 aromatic carbocycles. The molecule has 3 atom stereocenters. The molecule has 0 aromatic rings. The maximum Gasteiger partial charge on any atom is 0.223 e. The van der Waals surface area contributed by atoms with E-state index in [-0.39, 0.29) is 24.6 Å². The Hall–Kier alpha value is -0.610. The van der Waals surface area contributed by atoms with Crippen LogP contribution < -0.4 is 5.73 Å². The third kappa shape index (κ3) is 3.19. The van der Waals surface area contributed by atoms with Gasteiger partial charge in [0.25, 0.3) is 0 Å². The van der Waals surface area contributed by atoms with Crippen molar-refractivity contribution in [2.24, 2.45) is 11.7 Å². The molecule has 3 N–H and O–H groups in total. The number of likely N-dealkylation sites (tertiary alicyclic amines) is 1. The van der Waals surface area contributed by atoms with E-state index < -0.39 is 0 Å². The van der Waals surface area contributed by atoms with Gasteiger partial charge in [-0.25, -0.2) is 0 Å². The number of carbonyl (C=O) groups is 1. The first-order valence-electron chi connectivity index (χ1n) is 6.86. The van der Waals surface area contributed by atoms with Gasteiger partial charge in [0.05, 0.1) is 12.6 Å². The Labute approximate surface area is 103 Å². The van der Waals surface area contributed by atoms with Crippen LogP contribution in [-0.4, -0.2) is 41.1 Å². The van der Waals surface area contributed by atoms with E-state index in [9.17, 15) is 9.90 Å². The number of aliphatic hydroxyl groups is 1. The Bertz CT molecular complexity index is 270. The molecule has 1 aliphatic heterocycles. The zero-order chi connectivity index (χ0) is 12.3. The summed E-state index contributed by atoms with van der Waals surface area (Å²) in [5.74, 6) is 0.687. The molecule has 3 unspecified atom stereocenters. The quantitative estimate of drug-likeness (QED) is 0.769. The summed E-state index contributed by atoms with van der Waals surface area (Å²) in [5, 5.41) is 9.22. The molecule has 1 saturated carbocycles. The lowest BCUT2D eigenvalue weighted by Crippen LogP contribution is -2.39. The molecule has 4 nitrogen and oxygen atoms in total. The van der Waals surface area contributed by atoms with Gasteiger partial charge in [0, 0.05) is 19.0 Å². The minimum absolute atomic E-state index is 0.0692. The first kappa shape index (κ1) is 12.8. The second-order valence-corrected chi connectivity index (χ2v) is 5.56. The largest absolute Gasteiger partial charge is 0.394 e. The van der Waals surface area contributed by atoms with Gasteiger partial charge in [0.2, 0.25) is 5.91 Å². The van der Waals surface area contributed by atoms with E-state index >= 15 is 0 Å². The predicted octanol–water partition coefficient (Wildman–Crippen LogP) is 0.877. The molecule has 0 spiro atoms. The van der Waals surface area contributed by atoms with E-state index in [0.717, 1.165) is 45.1 Å². The van der Waals surface area contributed by atoms with Crippen LogP contribution in [0.5, 0.6) is 0 Å². The van der Waals surface area contributed by atoms with Crippen LogP contribution in [0.3, 0.4) is 0 Å². The second kappa shape index (κ2) is 5.83. The Morgan fingerprint density at radius 3 is 2.82 bits per heavy atom. The molecule has 2 aliphatic rings. The van der Waals surface area contributed by atoms with Crippen molar-refractivity contribution in [3.05, 3.63) is 0 Å². The van der Waals surface area contributed by atoms with Crippen LogP contribution in [-0.2, 0) is 4.79 Å². The number of rotatable bonds is 3. The average Bonchev–Trinajstić information content (AvgIpc) is 2.77. The van der Waals surface area contributed by atoms with Crippen molar-refractivity contribution >= 4 is 5.91 Å². The number of hydrogen-bond donors (Lipinski definition) is 2. The van der Waals surface area contributed by atoms with E-state index in [1.54, 1.807) is 0 Å². The molecule has 1 heterocycles. The van der Waals surface area contributed by atoms with Crippen LogP contribution >= 0.6 is 0 Å². The van der Waals surface area contributed by atoms with Crippen LogP contribution in [0, 0.1) is 5.92 Å². The molecule has 17 heavy (non-hydrogen) atoms. The Balaban J connectivity index is 1.83. The normalized spacial score (nSPS) is 34.0. The highest BCUT2D eigenvalue weighted by Crippen LogP contribution is 2.28. The van der Waals surface area contributed by atoms with Gasteiger partial charge in [-0.3, -0.25) is 4.79 Å². The fraction of sp³-hybridized carbons (Fsp3) is 0.923. The SMILES string of the molecule is NC1CCCC(CC(=O)N2CCCC2CO)C1. The molecular formula is C13H24N2O2. The smallest absolute Gasteiger partial charge is 0.223 e. The highest BCUT2D eigenvalue weighted by molar-refractivity contribution is 5.77. The van der Waals surface area contributed by atoms with Gasteiger partial charge in [-0.1, -0.05) is 6.42 Å². The summed E-state index contributed by atoms with van der Waals surface area (Å²) in [4.78, 5) is 14.0. The van der Waals surface area contributed by atoms with Crippen molar-refractivity contribution in [3.8, 4) is 0 Å². The molecule has 1 saturated heterocycles. The first-order chi connectivity index (χ1) is 8.20. The van der Waals surface area contributed by atoms with Crippen molar-refractivity contribution in [1.29, 1.82) is 0 Å². The van der Waals surface area contributed by atoms with E-state index in [4.69, 9.17) is 5.73 Å². The van der Waals surface area contributed by atoms with Crippen molar-refractivity contribution in [2.45, 2.75) is 57.0 Å². The monoisotopic (exact) mass is 240 g/mol. The highest BCUT2D eigenvalue weighted by atomic mass is 16.3. The molecule has 0 radical (unpaired) electrons. The van der Waals surface area contributed by atoms with Crippen molar-refractivity contribution in [2.75, 3.05) is 13.2 Å². The van der Waals surface area contributed by atoms with Crippen LogP contribution in [0.4, 0.5) is 0 Å². The lowest BCUT2D eigenvalue weighted by molar-refractivity contribution is -0.134. The molecule has 4 heteroatoms. The topological polar surface area (TPSA) is 66.6 Å². The Morgan fingerprint density at radius 1 is 1.29 bits per heavy atom. The van der Waals surface area contributed by atoms with E-state index in [1.807, 2.05) is 4.90 Å². The van der Waals surface area contributed by atoms with Crippen LogP contribution in [0.1, 0.15) is 44.9 Å². The Morgan fingerprint density at radius 2 is 2.12 bits per heavy atom. The number of nitrogens with zero attached hydrogens (tertiary/aromatic N) is 1. The van der Waals surface area contributed by atoms with E-state index in [0.29, 0.717) is 12.3 Å². The van der Waals surface area contributed by atoms with Crippen LogP contribution in [0.2, 0.25) is 0 Å². The van der Waals surface area contributed by atoms with E-state index in [2.05, 4.69) is 0 Å². The second-order valence-electron chi connectivity index (χ2n) is 5.56. The number of hydrogen-bond acceptors (Lipinski definition) is 3. The highest BCUT2D eigenvalue weighted by Gasteiger charge is 2.30. The van der Waals surface area contributed by atoms with Crippen LogP contribution in [0.25, 0.3) is 0 Å². The standard InChI is InChI=1S/C13H24N2O2/c14-11-4-1-3-10(7-11)8-13(17)15-6-2-5-12(15)9-16/h10-12,16H,1-9,14H2. The Kier molecular flexibility index (Phi) is 4.40. The molecule has 0 aromatic heterocycles. The number of nitrogens with two attached hydrogens (primary N) is 1. The average molecular weight is 240 g/mol. The van der Waals surface area contributed by atoms with Crippen LogP contribution in [0.15, 0.2) is 0 Å². The maximum absolute atomic E-state index is 12.2. The van der Waals surface area contributed by atoms with Gasteiger partial charge < -0.3 is 15.7 Å². The van der Waals surface area contributed by atoms with Crippen molar-refractivity contribution in [3.63, 3.8) is 0 Å². The summed E-state index contributed by atoms with van der Waals surface area (Å²) < 4.78 is 0. The molecule has 98 valence electrons. The zero-order valence-corrected chi connectivity index (χ0v) is 10.5. The van der Waals surface area contributed by atoms with Crippen molar-refractivity contribution < 1.29 is 9.90 Å². The third-order valence-electron chi connectivity index (χ3n) is 4.19. The minimum atomic E-state index is 0.0692. The first-order valence-corrected chi connectivity index (χ1v) is 6.86. The molecule has 0 bridgehead atoms. The summed E-state index contributed by atoms with van der Waals surface area (Å²) in [6.45, 7) is 0.929. The molecule has 1 aliphatic carbocycles. The fourth-order valence-corrected chi connectivity index (χ4v) is 3.24. The number of carbonyl (C=O) groups excluding carboxylic acids is 1. The lowest BCUT2D eigenvalue weighted by atomic mass is 9.84. The van der Waals surface area contributed by atoms with Crippen molar-refractivity contribution in [1.82, 2.24) is 4.90 Å². The molecule has 2 fully saturated rings. The third-order valence-corrected chi connectivity index (χ3v) is 4.19. The summed E-state index contributed by atoms with van der Waals surface area (Å²) in [7, 11) is 0. The molecule has 2 rings (SSSR count). The van der Waals surface area contributed by atoms with Gasteiger partial charge in [-0.05, 0) is 38.0 Å². The predicted molar refractivity (Wildman–Crippen MR) is 66.4 cm³/mol. The van der Waals surface area contributed by atoms with Gasteiger partial charge >= 0.3 is 0 Å². The summed E-state index contributed by atoms with van der Waals surface area (Å²) in [6, 6.07) is 0.355.